The maximum atomic E-state index is 13.2. The standard InChI is InChI=1S/C22H28N2O3S/c1-3-23-21(26)22(11-7-12-24(16-22)20(25)15-27-2)14-17-8-4-5-9-18(17)19-10-6-13-28-19/h4-6,8-10,13H,3,7,11-12,14-16H2,1-2H3,(H,23,26)/t22-/m1/s1. The Morgan fingerprint density at radius 2 is 2.07 bits per heavy atom. The number of nitrogens with zero attached hydrogens (tertiary/aromatic N) is 1. The number of benzene rings is 1. The third-order valence-electron chi connectivity index (χ3n) is 5.35. The molecular weight excluding hydrogens is 372 g/mol. The Morgan fingerprint density at radius 1 is 1.25 bits per heavy atom. The molecule has 1 saturated heterocycles. The maximum Gasteiger partial charge on any atom is 0.248 e. The van der Waals surface area contributed by atoms with E-state index in [2.05, 4.69) is 28.9 Å². The van der Waals surface area contributed by atoms with E-state index >= 15 is 0 Å². The Bertz CT molecular complexity index is 806. The van der Waals surface area contributed by atoms with E-state index in [4.69, 9.17) is 4.74 Å². The predicted molar refractivity (Wildman–Crippen MR) is 112 cm³/mol. The van der Waals surface area contributed by atoms with Crippen LogP contribution in [0.4, 0.5) is 0 Å². The van der Waals surface area contributed by atoms with Gasteiger partial charge in [0, 0.05) is 31.6 Å². The highest BCUT2D eigenvalue weighted by Gasteiger charge is 2.43. The van der Waals surface area contributed by atoms with Crippen molar-refractivity contribution in [3.05, 3.63) is 47.3 Å². The number of ether oxygens (including phenoxy) is 1. The summed E-state index contributed by atoms with van der Waals surface area (Å²) in [7, 11) is 1.52. The van der Waals surface area contributed by atoms with Crippen molar-refractivity contribution in [3.63, 3.8) is 0 Å². The molecule has 5 nitrogen and oxygen atoms in total. The summed E-state index contributed by atoms with van der Waals surface area (Å²) in [5.74, 6) is -0.0201. The fourth-order valence-corrected chi connectivity index (χ4v) is 4.82. The molecular formula is C22H28N2O3S. The van der Waals surface area contributed by atoms with Gasteiger partial charge in [0.25, 0.3) is 0 Å². The Kier molecular flexibility index (Phi) is 6.86. The first kappa shape index (κ1) is 20.6. The molecule has 2 heterocycles. The topological polar surface area (TPSA) is 58.6 Å². The zero-order chi connectivity index (χ0) is 20.0. The second kappa shape index (κ2) is 9.34. The van der Waals surface area contributed by atoms with Gasteiger partial charge in [0.1, 0.15) is 6.61 Å². The molecule has 1 aromatic carbocycles. The van der Waals surface area contributed by atoms with Crippen molar-refractivity contribution in [1.82, 2.24) is 10.2 Å². The molecule has 0 spiro atoms. The molecule has 1 aliphatic heterocycles. The minimum absolute atomic E-state index is 0.0332. The number of hydrogen-bond acceptors (Lipinski definition) is 4. The number of carbonyl (C=O) groups is 2. The number of thiophene rings is 1. The highest BCUT2D eigenvalue weighted by molar-refractivity contribution is 7.13. The van der Waals surface area contributed by atoms with Gasteiger partial charge in [-0.3, -0.25) is 9.59 Å². The largest absolute Gasteiger partial charge is 0.375 e. The molecule has 1 aromatic heterocycles. The lowest BCUT2D eigenvalue weighted by Crippen LogP contribution is -2.55. The van der Waals surface area contributed by atoms with Crippen molar-refractivity contribution in [2.45, 2.75) is 26.2 Å². The monoisotopic (exact) mass is 400 g/mol. The number of hydrogen-bond donors (Lipinski definition) is 1. The average Bonchev–Trinajstić information content (AvgIpc) is 3.23. The second-order valence-corrected chi connectivity index (χ2v) is 8.25. The van der Waals surface area contributed by atoms with Crippen LogP contribution < -0.4 is 5.32 Å². The van der Waals surface area contributed by atoms with Gasteiger partial charge in [-0.05, 0) is 48.8 Å². The van der Waals surface area contributed by atoms with Crippen LogP contribution in [-0.2, 0) is 20.7 Å². The van der Waals surface area contributed by atoms with E-state index in [0.717, 1.165) is 18.4 Å². The van der Waals surface area contributed by atoms with Gasteiger partial charge < -0.3 is 15.0 Å². The van der Waals surface area contributed by atoms with Crippen molar-refractivity contribution in [3.8, 4) is 10.4 Å². The van der Waals surface area contributed by atoms with Crippen molar-refractivity contribution >= 4 is 23.2 Å². The number of methoxy groups -OCH3 is 1. The lowest BCUT2D eigenvalue weighted by molar-refractivity contribution is -0.144. The number of likely N-dealkylation sites (tertiary alicyclic amines) is 1. The molecule has 1 fully saturated rings. The highest BCUT2D eigenvalue weighted by Crippen LogP contribution is 2.38. The predicted octanol–water partition coefficient (Wildman–Crippen LogP) is 3.35. The molecule has 0 aliphatic carbocycles. The van der Waals surface area contributed by atoms with Crippen LogP contribution in [0.3, 0.4) is 0 Å². The van der Waals surface area contributed by atoms with E-state index in [-0.39, 0.29) is 18.4 Å². The molecule has 3 rings (SSSR count). The third kappa shape index (κ3) is 4.45. The van der Waals surface area contributed by atoms with Crippen LogP contribution in [0.25, 0.3) is 10.4 Å². The van der Waals surface area contributed by atoms with Crippen molar-refractivity contribution in [1.29, 1.82) is 0 Å². The van der Waals surface area contributed by atoms with E-state index in [9.17, 15) is 9.59 Å². The highest BCUT2D eigenvalue weighted by atomic mass is 32.1. The zero-order valence-corrected chi connectivity index (χ0v) is 17.4. The molecule has 1 aliphatic rings. The first-order valence-corrected chi connectivity index (χ1v) is 10.6. The van der Waals surface area contributed by atoms with Crippen LogP contribution in [0.2, 0.25) is 0 Å². The summed E-state index contributed by atoms with van der Waals surface area (Å²) in [6, 6.07) is 12.4. The molecule has 6 heteroatoms. The van der Waals surface area contributed by atoms with Gasteiger partial charge >= 0.3 is 0 Å². The fourth-order valence-electron chi connectivity index (χ4n) is 4.03. The lowest BCUT2D eigenvalue weighted by atomic mass is 9.73. The summed E-state index contributed by atoms with van der Waals surface area (Å²) in [6.07, 6.45) is 2.20. The first-order chi connectivity index (χ1) is 13.6. The van der Waals surface area contributed by atoms with Crippen molar-refractivity contribution < 1.29 is 14.3 Å². The van der Waals surface area contributed by atoms with Gasteiger partial charge in [-0.15, -0.1) is 11.3 Å². The molecule has 0 unspecified atom stereocenters. The van der Waals surface area contributed by atoms with Crippen LogP contribution in [0.15, 0.2) is 41.8 Å². The SMILES string of the molecule is CCNC(=O)[C@@]1(Cc2ccccc2-c2cccs2)CCCN(C(=O)COC)C1. The summed E-state index contributed by atoms with van der Waals surface area (Å²) in [5, 5.41) is 5.08. The van der Waals surface area contributed by atoms with Crippen LogP contribution >= 0.6 is 11.3 Å². The minimum Gasteiger partial charge on any atom is -0.375 e. The molecule has 0 radical (unpaired) electrons. The summed E-state index contributed by atoms with van der Waals surface area (Å²) in [4.78, 5) is 28.6. The summed E-state index contributed by atoms with van der Waals surface area (Å²) < 4.78 is 5.03. The quantitative estimate of drug-likeness (QED) is 0.775. The van der Waals surface area contributed by atoms with Gasteiger partial charge in [-0.1, -0.05) is 30.3 Å². The van der Waals surface area contributed by atoms with E-state index < -0.39 is 5.41 Å². The normalized spacial score (nSPS) is 19.4. The summed E-state index contributed by atoms with van der Waals surface area (Å²) in [6.45, 7) is 3.67. The van der Waals surface area contributed by atoms with E-state index in [1.54, 1.807) is 16.2 Å². The number of amides is 2. The molecule has 2 aromatic rings. The van der Waals surface area contributed by atoms with Gasteiger partial charge in [-0.2, -0.15) is 0 Å². The van der Waals surface area contributed by atoms with Crippen LogP contribution in [0.5, 0.6) is 0 Å². The van der Waals surface area contributed by atoms with Crippen LogP contribution in [0, 0.1) is 5.41 Å². The molecule has 2 amide bonds. The van der Waals surface area contributed by atoms with Crippen molar-refractivity contribution in [2.24, 2.45) is 5.41 Å². The smallest absolute Gasteiger partial charge is 0.248 e. The maximum absolute atomic E-state index is 13.2. The number of carbonyl (C=O) groups excluding carboxylic acids is 2. The molecule has 150 valence electrons. The lowest BCUT2D eigenvalue weighted by Gasteiger charge is -2.42. The molecule has 0 saturated carbocycles. The summed E-state index contributed by atoms with van der Waals surface area (Å²) >= 11 is 1.70. The summed E-state index contributed by atoms with van der Waals surface area (Å²) in [5.41, 5.74) is 1.70. The fraction of sp³-hybridized carbons (Fsp3) is 0.455. The van der Waals surface area contributed by atoms with E-state index in [1.807, 2.05) is 25.1 Å². The minimum atomic E-state index is -0.620. The Labute approximate surface area is 170 Å². The second-order valence-electron chi connectivity index (χ2n) is 7.30. The van der Waals surface area contributed by atoms with Crippen LogP contribution in [-0.4, -0.2) is 50.1 Å². The Balaban J connectivity index is 1.94. The van der Waals surface area contributed by atoms with E-state index in [1.165, 1.54) is 17.6 Å². The van der Waals surface area contributed by atoms with Crippen LogP contribution in [0.1, 0.15) is 25.3 Å². The third-order valence-corrected chi connectivity index (χ3v) is 6.25. The molecule has 1 N–H and O–H groups in total. The molecule has 28 heavy (non-hydrogen) atoms. The number of rotatable bonds is 7. The first-order valence-electron chi connectivity index (χ1n) is 9.76. The number of nitrogens with one attached hydrogen (secondary N) is 1. The number of piperidine rings is 1. The van der Waals surface area contributed by atoms with Gasteiger partial charge in [0.15, 0.2) is 0 Å². The van der Waals surface area contributed by atoms with Gasteiger partial charge in [-0.25, -0.2) is 0 Å². The zero-order valence-electron chi connectivity index (χ0n) is 16.6. The molecule has 1 atom stereocenters. The van der Waals surface area contributed by atoms with Gasteiger partial charge in [0.2, 0.25) is 11.8 Å². The van der Waals surface area contributed by atoms with Crippen molar-refractivity contribution in [2.75, 3.05) is 33.4 Å². The average molecular weight is 401 g/mol. The Hall–Kier alpha value is -2.18. The van der Waals surface area contributed by atoms with Gasteiger partial charge in [0.05, 0.1) is 5.41 Å². The molecule has 0 bridgehead atoms. The Morgan fingerprint density at radius 3 is 2.79 bits per heavy atom. The van der Waals surface area contributed by atoms with E-state index in [0.29, 0.717) is 26.1 Å².